The van der Waals surface area contributed by atoms with Crippen molar-refractivity contribution in [2.75, 3.05) is 27.3 Å². The Hall–Kier alpha value is -2.33. The van der Waals surface area contributed by atoms with E-state index in [9.17, 15) is 4.79 Å². The molecule has 0 N–H and O–H groups in total. The summed E-state index contributed by atoms with van der Waals surface area (Å²) in [7, 11) is 3.62. The first-order valence-electron chi connectivity index (χ1n) is 7.21. The summed E-state index contributed by atoms with van der Waals surface area (Å²) in [6.45, 7) is 2.17. The number of hydrogen-bond donors (Lipinski definition) is 0. The molecule has 0 aliphatic heterocycles. The highest BCUT2D eigenvalue weighted by Crippen LogP contribution is 2.22. The predicted molar refractivity (Wildman–Crippen MR) is 86.7 cm³/mol. The van der Waals surface area contributed by atoms with E-state index < -0.39 is 0 Å². The molecule has 0 aliphatic carbocycles. The van der Waals surface area contributed by atoms with Crippen LogP contribution in [0.2, 0.25) is 0 Å². The lowest BCUT2D eigenvalue weighted by atomic mass is 10.2. The number of ether oxygens (including phenoxy) is 2. The van der Waals surface area contributed by atoms with Crippen molar-refractivity contribution in [2.24, 2.45) is 0 Å². The molecule has 4 nitrogen and oxygen atoms in total. The fraction of sp³-hybridized carbons (Fsp3) is 0.278. The lowest BCUT2D eigenvalue weighted by molar-refractivity contribution is 0.111. The van der Waals surface area contributed by atoms with Gasteiger partial charge in [0.1, 0.15) is 18.1 Å². The summed E-state index contributed by atoms with van der Waals surface area (Å²) >= 11 is 0. The molecule has 0 aromatic heterocycles. The van der Waals surface area contributed by atoms with Gasteiger partial charge in [-0.05, 0) is 30.8 Å². The van der Waals surface area contributed by atoms with Crippen molar-refractivity contribution < 1.29 is 14.3 Å². The number of hydrogen-bond acceptors (Lipinski definition) is 4. The SMILES string of the molecule is COc1ccc(OCCN(C)Cc2ccccc2)c(C=O)c1. The molecular formula is C18H21NO3. The van der Waals surface area contributed by atoms with Crippen LogP contribution in [0.3, 0.4) is 0 Å². The van der Waals surface area contributed by atoms with Crippen molar-refractivity contribution >= 4 is 6.29 Å². The van der Waals surface area contributed by atoms with Crippen LogP contribution in [0.15, 0.2) is 48.5 Å². The Kier molecular flexibility index (Phi) is 5.98. The van der Waals surface area contributed by atoms with E-state index in [1.807, 2.05) is 25.2 Å². The molecular weight excluding hydrogens is 278 g/mol. The summed E-state index contributed by atoms with van der Waals surface area (Å²) in [5.74, 6) is 1.24. The molecule has 0 bridgehead atoms. The summed E-state index contributed by atoms with van der Waals surface area (Å²) in [6, 6.07) is 15.5. The molecule has 2 rings (SSSR count). The first kappa shape index (κ1) is 16.0. The lowest BCUT2D eigenvalue weighted by Gasteiger charge is -2.17. The Bertz CT molecular complexity index is 599. The minimum Gasteiger partial charge on any atom is -0.497 e. The molecule has 0 unspecified atom stereocenters. The van der Waals surface area contributed by atoms with E-state index in [1.165, 1.54) is 5.56 Å². The van der Waals surface area contributed by atoms with Crippen LogP contribution in [-0.2, 0) is 6.54 Å². The Balaban J connectivity index is 1.84. The van der Waals surface area contributed by atoms with E-state index >= 15 is 0 Å². The number of rotatable bonds is 8. The van der Waals surface area contributed by atoms with Gasteiger partial charge in [-0.15, -0.1) is 0 Å². The molecule has 0 radical (unpaired) electrons. The van der Waals surface area contributed by atoms with Gasteiger partial charge in [-0.1, -0.05) is 30.3 Å². The molecule has 0 spiro atoms. The number of nitrogens with zero attached hydrogens (tertiary/aromatic N) is 1. The van der Waals surface area contributed by atoms with Gasteiger partial charge in [0.05, 0.1) is 12.7 Å². The van der Waals surface area contributed by atoms with Gasteiger partial charge in [0.2, 0.25) is 0 Å². The number of carbonyl (C=O) groups is 1. The molecule has 116 valence electrons. The van der Waals surface area contributed by atoms with Crippen LogP contribution < -0.4 is 9.47 Å². The Labute approximate surface area is 131 Å². The smallest absolute Gasteiger partial charge is 0.153 e. The third kappa shape index (κ3) is 4.60. The van der Waals surface area contributed by atoms with Gasteiger partial charge in [0.25, 0.3) is 0 Å². The van der Waals surface area contributed by atoms with Crippen LogP contribution >= 0.6 is 0 Å². The molecule has 4 heteroatoms. The first-order valence-corrected chi connectivity index (χ1v) is 7.21. The maximum absolute atomic E-state index is 11.1. The van der Waals surface area contributed by atoms with E-state index in [2.05, 4.69) is 17.0 Å². The van der Waals surface area contributed by atoms with E-state index in [4.69, 9.17) is 9.47 Å². The number of benzene rings is 2. The average Bonchev–Trinajstić information content (AvgIpc) is 2.56. The molecule has 0 saturated heterocycles. The van der Waals surface area contributed by atoms with Crippen molar-refractivity contribution in [1.82, 2.24) is 4.90 Å². The van der Waals surface area contributed by atoms with Gasteiger partial charge in [-0.3, -0.25) is 9.69 Å². The Morgan fingerprint density at radius 2 is 1.91 bits per heavy atom. The zero-order valence-electron chi connectivity index (χ0n) is 13.0. The van der Waals surface area contributed by atoms with E-state index in [-0.39, 0.29) is 0 Å². The number of carbonyl (C=O) groups excluding carboxylic acids is 1. The molecule has 0 amide bonds. The minimum atomic E-state index is 0.505. The third-order valence-electron chi connectivity index (χ3n) is 3.37. The monoisotopic (exact) mass is 299 g/mol. The summed E-state index contributed by atoms with van der Waals surface area (Å²) in [5, 5.41) is 0. The Morgan fingerprint density at radius 3 is 2.59 bits per heavy atom. The molecule has 2 aromatic rings. The zero-order chi connectivity index (χ0) is 15.8. The number of aldehydes is 1. The molecule has 2 aromatic carbocycles. The van der Waals surface area contributed by atoms with Crippen LogP contribution in [0.25, 0.3) is 0 Å². The van der Waals surface area contributed by atoms with E-state index in [0.29, 0.717) is 23.7 Å². The summed E-state index contributed by atoms with van der Waals surface area (Å²) < 4.78 is 10.8. The van der Waals surface area contributed by atoms with Crippen molar-refractivity contribution in [3.63, 3.8) is 0 Å². The topological polar surface area (TPSA) is 38.8 Å². The first-order chi connectivity index (χ1) is 10.7. The molecule has 0 atom stereocenters. The molecule has 0 heterocycles. The molecule has 0 saturated carbocycles. The summed E-state index contributed by atoms with van der Waals surface area (Å²) in [4.78, 5) is 13.3. The second-order valence-electron chi connectivity index (χ2n) is 5.09. The predicted octanol–water partition coefficient (Wildman–Crippen LogP) is 3.02. The summed E-state index contributed by atoms with van der Waals surface area (Å²) in [5.41, 5.74) is 1.77. The lowest BCUT2D eigenvalue weighted by Crippen LogP contribution is -2.24. The van der Waals surface area contributed by atoms with Crippen LogP contribution in [0.1, 0.15) is 15.9 Å². The van der Waals surface area contributed by atoms with Crippen LogP contribution in [-0.4, -0.2) is 38.5 Å². The normalized spacial score (nSPS) is 10.5. The van der Waals surface area contributed by atoms with Gasteiger partial charge in [0, 0.05) is 13.1 Å². The largest absolute Gasteiger partial charge is 0.497 e. The Morgan fingerprint density at radius 1 is 1.14 bits per heavy atom. The maximum atomic E-state index is 11.1. The van der Waals surface area contributed by atoms with Crippen molar-refractivity contribution in [2.45, 2.75) is 6.54 Å². The zero-order valence-corrected chi connectivity index (χ0v) is 13.0. The fourth-order valence-corrected chi connectivity index (χ4v) is 2.16. The third-order valence-corrected chi connectivity index (χ3v) is 3.37. The molecule has 22 heavy (non-hydrogen) atoms. The van der Waals surface area contributed by atoms with Crippen LogP contribution in [0, 0.1) is 0 Å². The van der Waals surface area contributed by atoms with Crippen LogP contribution in [0.5, 0.6) is 11.5 Å². The number of likely N-dealkylation sites (N-methyl/N-ethyl adjacent to an activating group) is 1. The van der Waals surface area contributed by atoms with Gasteiger partial charge >= 0.3 is 0 Å². The average molecular weight is 299 g/mol. The van der Waals surface area contributed by atoms with Gasteiger partial charge in [-0.25, -0.2) is 0 Å². The van der Waals surface area contributed by atoms with Gasteiger partial charge in [0.15, 0.2) is 6.29 Å². The molecule has 0 fully saturated rings. The standard InChI is InChI=1S/C18H21NO3/c1-19(13-15-6-4-3-5-7-15)10-11-22-18-9-8-17(21-2)12-16(18)14-20/h3-9,12,14H,10-11,13H2,1-2H3. The van der Waals surface area contributed by atoms with Gasteiger partial charge in [-0.2, -0.15) is 0 Å². The maximum Gasteiger partial charge on any atom is 0.153 e. The second kappa shape index (κ2) is 8.20. The minimum absolute atomic E-state index is 0.505. The van der Waals surface area contributed by atoms with Gasteiger partial charge < -0.3 is 9.47 Å². The quantitative estimate of drug-likeness (QED) is 0.702. The second-order valence-corrected chi connectivity index (χ2v) is 5.09. The highest BCUT2D eigenvalue weighted by Gasteiger charge is 2.06. The van der Waals surface area contributed by atoms with E-state index in [1.54, 1.807) is 25.3 Å². The highest BCUT2D eigenvalue weighted by atomic mass is 16.5. The van der Waals surface area contributed by atoms with Crippen molar-refractivity contribution in [3.05, 3.63) is 59.7 Å². The van der Waals surface area contributed by atoms with Crippen molar-refractivity contribution in [3.8, 4) is 11.5 Å². The number of methoxy groups -OCH3 is 1. The summed E-state index contributed by atoms with van der Waals surface area (Å²) in [6.07, 6.45) is 0.783. The fourth-order valence-electron chi connectivity index (χ4n) is 2.16. The highest BCUT2D eigenvalue weighted by molar-refractivity contribution is 5.80. The van der Waals surface area contributed by atoms with Crippen molar-refractivity contribution in [1.29, 1.82) is 0 Å². The van der Waals surface area contributed by atoms with E-state index in [0.717, 1.165) is 19.4 Å². The van der Waals surface area contributed by atoms with Crippen LogP contribution in [0.4, 0.5) is 0 Å². The molecule has 0 aliphatic rings.